The van der Waals surface area contributed by atoms with E-state index in [1.54, 1.807) is 6.07 Å². The summed E-state index contributed by atoms with van der Waals surface area (Å²) < 4.78 is 0. The molecule has 0 spiro atoms. The van der Waals surface area contributed by atoms with Crippen molar-refractivity contribution < 1.29 is 14.7 Å². The summed E-state index contributed by atoms with van der Waals surface area (Å²) in [5.74, 6) is -1.14. The quantitative estimate of drug-likeness (QED) is 0.867. The van der Waals surface area contributed by atoms with Crippen molar-refractivity contribution in [2.24, 2.45) is 5.92 Å². The van der Waals surface area contributed by atoms with Crippen LogP contribution in [0.5, 0.6) is 0 Å². The third-order valence-electron chi connectivity index (χ3n) is 3.10. The van der Waals surface area contributed by atoms with E-state index in [9.17, 15) is 9.59 Å². The van der Waals surface area contributed by atoms with Crippen LogP contribution in [0.3, 0.4) is 0 Å². The summed E-state index contributed by atoms with van der Waals surface area (Å²) in [6.45, 7) is 0. The molecule has 2 atom stereocenters. The Morgan fingerprint density at radius 3 is 2.88 bits per heavy atom. The monoisotopic (exact) mass is 253 g/mol. The van der Waals surface area contributed by atoms with E-state index in [-0.39, 0.29) is 17.9 Å². The van der Waals surface area contributed by atoms with Crippen LogP contribution in [-0.2, 0) is 4.79 Å². The van der Waals surface area contributed by atoms with Crippen LogP contribution in [-0.4, -0.2) is 23.0 Å². The number of hydrogen-bond donors (Lipinski definition) is 2. The first-order chi connectivity index (χ1) is 8.16. The van der Waals surface area contributed by atoms with Crippen molar-refractivity contribution in [1.82, 2.24) is 5.32 Å². The molecule has 0 aromatic carbocycles. The smallest absolute Gasteiger partial charge is 0.306 e. The van der Waals surface area contributed by atoms with Gasteiger partial charge >= 0.3 is 5.97 Å². The summed E-state index contributed by atoms with van der Waals surface area (Å²) in [5.41, 5.74) is 0. The lowest BCUT2D eigenvalue weighted by Crippen LogP contribution is -2.39. The Morgan fingerprint density at radius 1 is 1.41 bits per heavy atom. The highest BCUT2D eigenvalue weighted by Crippen LogP contribution is 2.24. The Morgan fingerprint density at radius 2 is 2.24 bits per heavy atom. The Bertz CT molecular complexity index is 402. The predicted molar refractivity (Wildman–Crippen MR) is 65.2 cm³/mol. The number of carboxylic acids is 1. The van der Waals surface area contributed by atoms with Gasteiger partial charge in [-0.25, -0.2) is 0 Å². The van der Waals surface area contributed by atoms with Crippen LogP contribution in [0, 0.1) is 5.92 Å². The van der Waals surface area contributed by atoms with Gasteiger partial charge in [0.1, 0.15) is 0 Å². The van der Waals surface area contributed by atoms with Gasteiger partial charge in [-0.1, -0.05) is 12.5 Å². The van der Waals surface area contributed by atoms with E-state index >= 15 is 0 Å². The maximum Gasteiger partial charge on any atom is 0.306 e. The Kier molecular flexibility index (Phi) is 3.78. The summed E-state index contributed by atoms with van der Waals surface area (Å²) in [6.07, 6.45) is 3.01. The van der Waals surface area contributed by atoms with Crippen molar-refractivity contribution in [3.63, 3.8) is 0 Å². The maximum absolute atomic E-state index is 11.8. The molecule has 0 saturated heterocycles. The summed E-state index contributed by atoms with van der Waals surface area (Å²) in [5, 5.41) is 13.7. The molecule has 1 heterocycles. The Hall–Kier alpha value is -1.36. The zero-order valence-electron chi connectivity index (χ0n) is 9.39. The first-order valence-electron chi connectivity index (χ1n) is 5.74. The number of carboxylic acid groups (broad SMARTS) is 1. The molecule has 1 saturated carbocycles. The number of amides is 1. The molecule has 1 aliphatic carbocycles. The molecule has 1 fully saturated rings. The second-order valence-corrected chi connectivity index (χ2v) is 5.30. The van der Waals surface area contributed by atoms with Gasteiger partial charge < -0.3 is 10.4 Å². The van der Waals surface area contributed by atoms with Gasteiger partial charge in [0, 0.05) is 6.04 Å². The second kappa shape index (κ2) is 5.31. The van der Waals surface area contributed by atoms with Crippen molar-refractivity contribution in [3.8, 4) is 0 Å². The fourth-order valence-corrected chi connectivity index (χ4v) is 2.84. The van der Waals surface area contributed by atoms with Crippen molar-refractivity contribution in [2.45, 2.75) is 31.7 Å². The Labute approximate surface area is 104 Å². The molecular formula is C12H15NO3S. The third kappa shape index (κ3) is 3.06. The highest BCUT2D eigenvalue weighted by molar-refractivity contribution is 7.12. The first-order valence-corrected chi connectivity index (χ1v) is 6.62. The van der Waals surface area contributed by atoms with E-state index in [4.69, 9.17) is 5.11 Å². The lowest BCUT2D eigenvalue weighted by atomic mass is 9.86. The molecule has 0 radical (unpaired) electrons. The maximum atomic E-state index is 11.8. The van der Waals surface area contributed by atoms with E-state index in [0.717, 1.165) is 19.3 Å². The summed E-state index contributed by atoms with van der Waals surface area (Å²) >= 11 is 1.40. The van der Waals surface area contributed by atoms with Gasteiger partial charge in [-0.15, -0.1) is 11.3 Å². The minimum atomic E-state index is -0.750. The fourth-order valence-electron chi connectivity index (χ4n) is 2.21. The van der Waals surface area contributed by atoms with Crippen LogP contribution in [0.1, 0.15) is 35.4 Å². The molecule has 92 valence electrons. The van der Waals surface area contributed by atoms with Crippen LogP contribution in [0.2, 0.25) is 0 Å². The summed E-state index contributed by atoms with van der Waals surface area (Å²) in [4.78, 5) is 23.4. The third-order valence-corrected chi connectivity index (χ3v) is 3.97. The number of hydrogen-bond acceptors (Lipinski definition) is 3. The lowest BCUT2D eigenvalue weighted by Gasteiger charge is -2.27. The predicted octanol–water partition coefficient (Wildman–Crippen LogP) is 2.12. The van der Waals surface area contributed by atoms with E-state index in [1.807, 2.05) is 11.4 Å². The standard InChI is InChI=1S/C12H15NO3S/c14-11(10-5-2-6-17-10)13-9-4-1-3-8(7-9)12(15)16/h2,5-6,8-9H,1,3-4,7H2,(H,13,14)(H,15,16). The molecular weight excluding hydrogens is 238 g/mol. The van der Waals surface area contributed by atoms with E-state index in [2.05, 4.69) is 5.32 Å². The minimum Gasteiger partial charge on any atom is -0.481 e. The zero-order valence-corrected chi connectivity index (χ0v) is 10.2. The Balaban J connectivity index is 1.91. The van der Waals surface area contributed by atoms with Crippen molar-refractivity contribution in [2.75, 3.05) is 0 Å². The van der Waals surface area contributed by atoms with Gasteiger partial charge in [-0.3, -0.25) is 9.59 Å². The van der Waals surface area contributed by atoms with Crippen LogP contribution < -0.4 is 5.32 Å². The first kappa shape index (κ1) is 12.1. The average Bonchev–Trinajstić information content (AvgIpc) is 2.82. The molecule has 1 amide bonds. The zero-order chi connectivity index (χ0) is 12.3. The molecule has 0 bridgehead atoms. The SMILES string of the molecule is O=C(NC1CCCC(C(=O)O)C1)c1cccs1. The molecule has 2 rings (SSSR count). The van der Waals surface area contributed by atoms with Crippen LogP contribution >= 0.6 is 11.3 Å². The number of thiophene rings is 1. The van der Waals surface area contributed by atoms with Crippen molar-refractivity contribution in [3.05, 3.63) is 22.4 Å². The molecule has 1 aromatic heterocycles. The van der Waals surface area contributed by atoms with Gasteiger partial charge in [0.15, 0.2) is 0 Å². The van der Waals surface area contributed by atoms with Crippen molar-refractivity contribution >= 4 is 23.2 Å². The summed E-state index contributed by atoms with van der Waals surface area (Å²) in [6, 6.07) is 3.61. The summed E-state index contributed by atoms with van der Waals surface area (Å²) in [7, 11) is 0. The minimum absolute atomic E-state index is 0.000509. The molecule has 17 heavy (non-hydrogen) atoms. The van der Waals surface area contributed by atoms with Gasteiger partial charge in [0.2, 0.25) is 0 Å². The van der Waals surface area contributed by atoms with E-state index in [1.165, 1.54) is 11.3 Å². The molecule has 5 heteroatoms. The fraction of sp³-hybridized carbons (Fsp3) is 0.500. The number of rotatable bonds is 3. The highest BCUT2D eigenvalue weighted by Gasteiger charge is 2.28. The van der Waals surface area contributed by atoms with Crippen molar-refractivity contribution in [1.29, 1.82) is 0 Å². The number of aliphatic carboxylic acids is 1. The van der Waals surface area contributed by atoms with Gasteiger partial charge in [0.05, 0.1) is 10.8 Å². The topological polar surface area (TPSA) is 66.4 Å². The number of nitrogens with one attached hydrogen (secondary N) is 1. The van der Waals surface area contributed by atoms with Gasteiger partial charge in [0.25, 0.3) is 5.91 Å². The lowest BCUT2D eigenvalue weighted by molar-refractivity contribution is -0.143. The molecule has 2 N–H and O–H groups in total. The van der Waals surface area contributed by atoms with Crippen LogP contribution in [0.4, 0.5) is 0 Å². The number of carbonyl (C=O) groups excluding carboxylic acids is 1. The second-order valence-electron chi connectivity index (χ2n) is 4.35. The van der Waals surface area contributed by atoms with Crippen LogP contribution in [0.15, 0.2) is 17.5 Å². The van der Waals surface area contributed by atoms with E-state index in [0.29, 0.717) is 11.3 Å². The van der Waals surface area contributed by atoms with Gasteiger partial charge in [-0.2, -0.15) is 0 Å². The molecule has 0 aliphatic heterocycles. The molecule has 1 aliphatic rings. The van der Waals surface area contributed by atoms with Gasteiger partial charge in [-0.05, 0) is 30.7 Å². The highest BCUT2D eigenvalue weighted by atomic mass is 32.1. The van der Waals surface area contributed by atoms with E-state index < -0.39 is 5.97 Å². The molecule has 1 aromatic rings. The largest absolute Gasteiger partial charge is 0.481 e. The van der Waals surface area contributed by atoms with Crippen LogP contribution in [0.25, 0.3) is 0 Å². The number of carbonyl (C=O) groups is 2. The molecule has 4 nitrogen and oxygen atoms in total. The normalized spacial score (nSPS) is 24.2. The molecule has 2 unspecified atom stereocenters. The average molecular weight is 253 g/mol.